The van der Waals surface area contributed by atoms with Crippen molar-refractivity contribution in [1.29, 1.82) is 0 Å². The van der Waals surface area contributed by atoms with Crippen LogP contribution >= 0.6 is 0 Å². The molecule has 29 heavy (non-hydrogen) atoms. The summed E-state index contributed by atoms with van der Waals surface area (Å²) in [5.41, 5.74) is 0.691. The quantitative estimate of drug-likeness (QED) is 0.683. The first-order valence-corrected chi connectivity index (χ1v) is 10.4. The van der Waals surface area contributed by atoms with Gasteiger partial charge in [0.15, 0.2) is 0 Å². The zero-order valence-corrected chi connectivity index (χ0v) is 17.3. The van der Waals surface area contributed by atoms with Crippen molar-refractivity contribution >= 4 is 11.9 Å². The standard InChI is InChI=1S/C21H32N4O4/c1-24(17(13-20(27)28)16-7-8-18(29-2)23-14-16)19(26)9-12-25-11-4-6-15-5-3-10-22-21(15)25/h7-8,14-15,17,21-22H,3-6,9-13H2,1-2H3,(H,27,28). The van der Waals surface area contributed by atoms with E-state index in [1.54, 1.807) is 30.3 Å². The minimum absolute atomic E-state index is 0.0509. The molecule has 0 saturated carbocycles. The number of aliphatic carboxylic acids is 1. The second-order valence-electron chi connectivity index (χ2n) is 7.98. The van der Waals surface area contributed by atoms with E-state index in [1.807, 2.05) is 0 Å². The molecule has 2 saturated heterocycles. The van der Waals surface area contributed by atoms with Crippen LogP contribution in [0.5, 0.6) is 5.88 Å². The first-order chi connectivity index (χ1) is 14.0. The second kappa shape index (κ2) is 10.0. The Morgan fingerprint density at radius 3 is 2.86 bits per heavy atom. The van der Waals surface area contributed by atoms with E-state index in [-0.39, 0.29) is 12.3 Å². The Balaban J connectivity index is 1.62. The van der Waals surface area contributed by atoms with Gasteiger partial charge in [-0.05, 0) is 50.3 Å². The maximum absolute atomic E-state index is 12.9. The van der Waals surface area contributed by atoms with Crippen LogP contribution in [0.4, 0.5) is 0 Å². The van der Waals surface area contributed by atoms with Crippen molar-refractivity contribution in [3.8, 4) is 5.88 Å². The van der Waals surface area contributed by atoms with E-state index in [0.717, 1.165) is 13.1 Å². The summed E-state index contributed by atoms with van der Waals surface area (Å²) < 4.78 is 5.07. The lowest BCUT2D eigenvalue weighted by molar-refractivity contribution is -0.140. The summed E-state index contributed by atoms with van der Waals surface area (Å²) in [6, 6.07) is 2.90. The third-order valence-electron chi connectivity index (χ3n) is 6.16. The number of carboxylic acids is 1. The fourth-order valence-corrected chi connectivity index (χ4v) is 4.56. The molecule has 1 amide bonds. The van der Waals surface area contributed by atoms with Crippen LogP contribution in [0, 0.1) is 5.92 Å². The maximum atomic E-state index is 12.9. The molecule has 8 nitrogen and oxygen atoms in total. The number of carbonyl (C=O) groups excluding carboxylic acids is 1. The normalized spacial score (nSPS) is 23.1. The Bertz CT molecular complexity index is 694. The molecular formula is C21H32N4O4. The highest BCUT2D eigenvalue weighted by Gasteiger charge is 2.33. The van der Waals surface area contributed by atoms with Crippen LogP contribution in [0.25, 0.3) is 0 Å². The molecular weight excluding hydrogens is 372 g/mol. The lowest BCUT2D eigenvalue weighted by Gasteiger charge is -2.44. The lowest BCUT2D eigenvalue weighted by atomic mass is 9.87. The summed E-state index contributed by atoms with van der Waals surface area (Å²) in [7, 11) is 3.21. The predicted octanol–water partition coefficient (Wildman–Crippen LogP) is 1.88. The van der Waals surface area contributed by atoms with Gasteiger partial charge in [0.2, 0.25) is 11.8 Å². The van der Waals surface area contributed by atoms with Gasteiger partial charge in [0, 0.05) is 32.3 Å². The fraction of sp³-hybridized carbons (Fsp3) is 0.667. The molecule has 3 atom stereocenters. The topological polar surface area (TPSA) is 95.0 Å². The van der Waals surface area contributed by atoms with Crippen LogP contribution in [0.1, 0.15) is 50.1 Å². The molecule has 0 radical (unpaired) electrons. The van der Waals surface area contributed by atoms with Crippen molar-refractivity contribution < 1.29 is 19.4 Å². The van der Waals surface area contributed by atoms with Gasteiger partial charge in [0.05, 0.1) is 25.7 Å². The van der Waals surface area contributed by atoms with Crippen LogP contribution in [-0.4, -0.2) is 71.7 Å². The highest BCUT2D eigenvalue weighted by molar-refractivity contribution is 5.78. The Morgan fingerprint density at radius 1 is 1.38 bits per heavy atom. The highest BCUT2D eigenvalue weighted by atomic mass is 16.5. The van der Waals surface area contributed by atoms with Gasteiger partial charge in [-0.15, -0.1) is 0 Å². The molecule has 8 heteroatoms. The molecule has 2 aliphatic rings. The average Bonchev–Trinajstić information content (AvgIpc) is 2.75. The summed E-state index contributed by atoms with van der Waals surface area (Å²) in [5.74, 6) is 0.132. The van der Waals surface area contributed by atoms with Gasteiger partial charge >= 0.3 is 5.97 Å². The predicted molar refractivity (Wildman–Crippen MR) is 108 cm³/mol. The first-order valence-electron chi connectivity index (χ1n) is 10.4. The summed E-state index contributed by atoms with van der Waals surface area (Å²) >= 11 is 0. The summed E-state index contributed by atoms with van der Waals surface area (Å²) in [6.07, 6.45) is 7.08. The maximum Gasteiger partial charge on any atom is 0.305 e. The molecule has 1 aromatic rings. The number of fused-ring (bicyclic) bond motifs is 1. The van der Waals surface area contributed by atoms with E-state index in [2.05, 4.69) is 15.2 Å². The molecule has 0 aromatic carbocycles. The first kappa shape index (κ1) is 21.5. The van der Waals surface area contributed by atoms with Gasteiger partial charge in [-0.25, -0.2) is 4.98 Å². The molecule has 3 rings (SSSR count). The minimum Gasteiger partial charge on any atom is -0.481 e. The number of hydrogen-bond acceptors (Lipinski definition) is 6. The van der Waals surface area contributed by atoms with Crippen molar-refractivity contribution in [3.63, 3.8) is 0 Å². The zero-order chi connectivity index (χ0) is 20.8. The summed E-state index contributed by atoms with van der Waals surface area (Å²) in [6.45, 7) is 2.74. The number of carbonyl (C=O) groups is 2. The third kappa shape index (κ3) is 5.45. The largest absolute Gasteiger partial charge is 0.481 e. The second-order valence-corrected chi connectivity index (χ2v) is 7.98. The van der Waals surface area contributed by atoms with Crippen LogP contribution < -0.4 is 10.1 Å². The van der Waals surface area contributed by atoms with Crippen molar-refractivity contribution in [2.24, 2.45) is 5.92 Å². The van der Waals surface area contributed by atoms with E-state index in [4.69, 9.17) is 4.74 Å². The monoisotopic (exact) mass is 404 g/mol. The van der Waals surface area contributed by atoms with Gasteiger partial charge in [0.1, 0.15) is 0 Å². The summed E-state index contributed by atoms with van der Waals surface area (Å²) in [4.78, 5) is 32.4. The van der Waals surface area contributed by atoms with Crippen LogP contribution in [0.15, 0.2) is 18.3 Å². The molecule has 0 aliphatic carbocycles. The molecule has 2 aliphatic heterocycles. The van der Waals surface area contributed by atoms with E-state index in [1.165, 1.54) is 32.8 Å². The van der Waals surface area contributed by atoms with Crippen molar-refractivity contribution in [3.05, 3.63) is 23.9 Å². The molecule has 0 bridgehead atoms. The number of rotatable bonds is 8. The van der Waals surface area contributed by atoms with Gasteiger partial charge in [-0.3, -0.25) is 14.5 Å². The van der Waals surface area contributed by atoms with Crippen molar-refractivity contribution in [2.45, 2.75) is 50.7 Å². The molecule has 3 heterocycles. The number of likely N-dealkylation sites (tertiary alicyclic amines) is 1. The van der Waals surface area contributed by atoms with Crippen LogP contribution in [0.2, 0.25) is 0 Å². The van der Waals surface area contributed by atoms with Gasteiger partial charge in [-0.2, -0.15) is 0 Å². The van der Waals surface area contributed by atoms with Crippen molar-refractivity contribution in [1.82, 2.24) is 20.1 Å². The third-order valence-corrected chi connectivity index (χ3v) is 6.16. The zero-order valence-electron chi connectivity index (χ0n) is 17.3. The van der Waals surface area contributed by atoms with E-state index < -0.39 is 12.0 Å². The van der Waals surface area contributed by atoms with Gasteiger partial charge < -0.3 is 20.1 Å². The molecule has 1 aromatic heterocycles. The number of aromatic nitrogens is 1. The number of nitrogens with zero attached hydrogens (tertiary/aromatic N) is 3. The smallest absolute Gasteiger partial charge is 0.305 e. The van der Waals surface area contributed by atoms with Gasteiger partial charge in [-0.1, -0.05) is 6.07 Å². The minimum atomic E-state index is -0.948. The summed E-state index contributed by atoms with van der Waals surface area (Å²) in [5, 5.41) is 13.0. The SMILES string of the molecule is COc1ccc(C(CC(=O)O)N(C)C(=O)CCN2CCCC3CCCNC32)cn1. The average molecular weight is 405 g/mol. The Hall–Kier alpha value is -2.19. The van der Waals surface area contributed by atoms with E-state index in [9.17, 15) is 14.7 Å². The van der Waals surface area contributed by atoms with E-state index in [0.29, 0.717) is 36.5 Å². The number of carboxylic acid groups (broad SMARTS) is 1. The Kier molecular flexibility index (Phi) is 7.44. The number of pyridine rings is 1. The number of piperidine rings is 2. The fourth-order valence-electron chi connectivity index (χ4n) is 4.56. The number of amides is 1. The number of methoxy groups -OCH3 is 1. The van der Waals surface area contributed by atoms with Crippen LogP contribution in [0.3, 0.4) is 0 Å². The van der Waals surface area contributed by atoms with Gasteiger partial charge in [0.25, 0.3) is 0 Å². The number of hydrogen-bond donors (Lipinski definition) is 2. The molecule has 0 spiro atoms. The Labute approximate surface area is 172 Å². The molecule has 2 fully saturated rings. The Morgan fingerprint density at radius 2 is 2.17 bits per heavy atom. The number of ether oxygens (including phenoxy) is 1. The van der Waals surface area contributed by atoms with E-state index >= 15 is 0 Å². The highest BCUT2D eigenvalue weighted by Crippen LogP contribution is 2.29. The number of nitrogens with one attached hydrogen (secondary N) is 1. The molecule has 2 N–H and O–H groups in total. The molecule has 160 valence electrons. The molecule has 3 unspecified atom stereocenters. The lowest BCUT2D eigenvalue weighted by Crippen LogP contribution is -2.56. The van der Waals surface area contributed by atoms with Crippen molar-refractivity contribution in [2.75, 3.05) is 33.8 Å². The van der Waals surface area contributed by atoms with Crippen LogP contribution in [-0.2, 0) is 9.59 Å².